The van der Waals surface area contributed by atoms with E-state index in [1.807, 2.05) is 29.6 Å². The third-order valence-electron chi connectivity index (χ3n) is 5.49. The lowest BCUT2D eigenvalue weighted by Gasteiger charge is -2.18. The summed E-state index contributed by atoms with van der Waals surface area (Å²) in [6, 6.07) is 22.4. The summed E-state index contributed by atoms with van der Waals surface area (Å²) in [6.45, 7) is 2.07. The lowest BCUT2D eigenvalue weighted by Crippen LogP contribution is -2.30. The fourth-order valence-corrected chi connectivity index (χ4v) is 5.24. The van der Waals surface area contributed by atoms with Crippen LogP contribution in [-0.4, -0.2) is 26.4 Å². The van der Waals surface area contributed by atoms with Crippen LogP contribution >= 0.6 is 23.1 Å². The summed E-state index contributed by atoms with van der Waals surface area (Å²) < 4.78 is 2.10. The highest BCUT2D eigenvalue weighted by atomic mass is 32.2. The highest BCUT2D eigenvalue weighted by molar-refractivity contribution is 7.99. The molecule has 0 radical (unpaired) electrons. The first kappa shape index (κ1) is 21.0. The Bertz CT molecular complexity index is 1180. The number of para-hydroxylation sites is 1. The molecule has 162 valence electrons. The van der Waals surface area contributed by atoms with Crippen molar-refractivity contribution in [2.24, 2.45) is 0 Å². The van der Waals surface area contributed by atoms with Gasteiger partial charge in [0.25, 0.3) is 0 Å². The number of rotatable bonds is 8. The lowest BCUT2D eigenvalue weighted by atomic mass is 10.0. The van der Waals surface area contributed by atoms with Crippen molar-refractivity contribution in [1.82, 2.24) is 20.1 Å². The smallest absolute Gasteiger partial charge is 0.231 e. The first-order chi connectivity index (χ1) is 15.7. The molecule has 2 aromatic heterocycles. The molecule has 0 aliphatic heterocycles. The van der Waals surface area contributed by atoms with Crippen molar-refractivity contribution in [3.05, 3.63) is 93.9 Å². The number of aromatic nitrogens is 3. The number of thiophene rings is 1. The van der Waals surface area contributed by atoms with Gasteiger partial charge in [0, 0.05) is 16.5 Å². The normalized spacial score (nSPS) is 14.3. The summed E-state index contributed by atoms with van der Waals surface area (Å²) in [7, 11) is 0. The average molecular weight is 461 g/mol. The van der Waals surface area contributed by atoms with Crippen molar-refractivity contribution in [3.8, 4) is 5.69 Å². The van der Waals surface area contributed by atoms with Gasteiger partial charge in [0.1, 0.15) is 5.82 Å². The van der Waals surface area contributed by atoms with Crippen molar-refractivity contribution in [2.75, 3.05) is 5.75 Å². The standard InChI is InChI=1S/C25H24N4OS2/c1-17-9-11-18(12-10-17)23(21-8-5-15-31-21)26-22(30)16-32-25-28-27-24(19-13-14-19)29(25)20-6-3-2-4-7-20/h2-12,15,19,23H,13-14,16H2,1H3,(H,26,30). The summed E-state index contributed by atoms with van der Waals surface area (Å²) >= 11 is 3.09. The van der Waals surface area contributed by atoms with Crippen molar-refractivity contribution >= 4 is 29.0 Å². The fourth-order valence-electron chi connectivity index (χ4n) is 3.67. The second-order valence-electron chi connectivity index (χ2n) is 8.00. The zero-order chi connectivity index (χ0) is 21.9. The molecule has 1 fully saturated rings. The molecule has 1 N–H and O–H groups in total. The van der Waals surface area contributed by atoms with Gasteiger partial charge in [-0.2, -0.15) is 0 Å². The topological polar surface area (TPSA) is 59.8 Å². The SMILES string of the molecule is Cc1ccc(C(NC(=O)CSc2nnc(C3CC3)n2-c2ccccc2)c2cccs2)cc1. The van der Waals surface area contributed by atoms with Crippen molar-refractivity contribution < 1.29 is 4.79 Å². The Hall–Kier alpha value is -2.90. The molecule has 1 aliphatic rings. The molecule has 1 unspecified atom stereocenters. The molecule has 4 aromatic rings. The molecular weight excluding hydrogens is 436 g/mol. The number of hydrogen-bond donors (Lipinski definition) is 1. The molecule has 2 aromatic carbocycles. The molecule has 2 heterocycles. The largest absolute Gasteiger partial charge is 0.344 e. The van der Waals surface area contributed by atoms with E-state index in [1.54, 1.807) is 11.3 Å². The zero-order valence-corrected chi connectivity index (χ0v) is 19.4. The number of thioether (sulfide) groups is 1. The Labute approximate surface area is 195 Å². The molecule has 0 saturated heterocycles. The lowest BCUT2D eigenvalue weighted by molar-refractivity contribution is -0.119. The highest BCUT2D eigenvalue weighted by Crippen LogP contribution is 2.41. The van der Waals surface area contributed by atoms with Gasteiger partial charge in [-0.25, -0.2) is 0 Å². The van der Waals surface area contributed by atoms with E-state index in [2.05, 4.69) is 69.5 Å². The van der Waals surface area contributed by atoms with Gasteiger partial charge in [0.05, 0.1) is 11.8 Å². The third-order valence-corrected chi connectivity index (χ3v) is 7.36. The maximum absolute atomic E-state index is 13.0. The van der Waals surface area contributed by atoms with E-state index in [-0.39, 0.29) is 17.7 Å². The molecular formula is C25H24N4OS2. The first-order valence-corrected chi connectivity index (χ1v) is 12.6. The van der Waals surface area contributed by atoms with Crippen LogP contribution in [0.15, 0.2) is 77.3 Å². The van der Waals surface area contributed by atoms with Crippen molar-refractivity contribution in [3.63, 3.8) is 0 Å². The fraction of sp³-hybridized carbons (Fsp3) is 0.240. The van der Waals surface area contributed by atoms with Crippen LogP contribution in [0.5, 0.6) is 0 Å². The number of aryl methyl sites for hydroxylation is 1. The Morgan fingerprint density at radius 3 is 2.56 bits per heavy atom. The molecule has 1 aliphatic carbocycles. The predicted molar refractivity (Wildman–Crippen MR) is 130 cm³/mol. The minimum atomic E-state index is -0.155. The predicted octanol–water partition coefficient (Wildman–Crippen LogP) is 5.51. The van der Waals surface area contributed by atoms with Crippen LogP contribution < -0.4 is 5.32 Å². The van der Waals surface area contributed by atoms with E-state index in [9.17, 15) is 4.79 Å². The minimum Gasteiger partial charge on any atom is -0.344 e. The second-order valence-corrected chi connectivity index (χ2v) is 9.92. The maximum Gasteiger partial charge on any atom is 0.231 e. The molecule has 32 heavy (non-hydrogen) atoms. The van der Waals surface area contributed by atoms with Gasteiger partial charge in [0.15, 0.2) is 5.16 Å². The summed E-state index contributed by atoms with van der Waals surface area (Å²) in [6.07, 6.45) is 2.30. The van der Waals surface area contributed by atoms with E-state index >= 15 is 0 Å². The minimum absolute atomic E-state index is 0.0236. The van der Waals surface area contributed by atoms with E-state index in [4.69, 9.17) is 0 Å². The molecule has 0 spiro atoms. The summed E-state index contributed by atoms with van der Waals surface area (Å²) in [4.78, 5) is 14.1. The Morgan fingerprint density at radius 2 is 1.88 bits per heavy atom. The molecule has 5 nitrogen and oxygen atoms in total. The summed E-state index contributed by atoms with van der Waals surface area (Å²) in [5, 5.41) is 14.9. The van der Waals surface area contributed by atoms with Crippen LogP contribution in [0.3, 0.4) is 0 Å². The average Bonchev–Trinajstić information content (AvgIpc) is 3.34. The quantitative estimate of drug-likeness (QED) is 0.352. The highest BCUT2D eigenvalue weighted by Gasteiger charge is 2.31. The van der Waals surface area contributed by atoms with Crippen LogP contribution in [0.25, 0.3) is 5.69 Å². The van der Waals surface area contributed by atoms with Gasteiger partial charge < -0.3 is 5.32 Å². The number of benzene rings is 2. The van der Waals surface area contributed by atoms with E-state index in [1.165, 1.54) is 17.3 Å². The third kappa shape index (κ3) is 4.64. The second kappa shape index (κ2) is 9.30. The molecule has 1 atom stereocenters. The molecule has 1 amide bonds. The van der Waals surface area contributed by atoms with Crippen molar-refractivity contribution in [2.45, 2.75) is 36.9 Å². The van der Waals surface area contributed by atoms with Gasteiger partial charge in [0.2, 0.25) is 5.91 Å². The van der Waals surface area contributed by atoms with Crippen molar-refractivity contribution in [1.29, 1.82) is 0 Å². The van der Waals surface area contributed by atoms with E-state index in [0.717, 1.165) is 40.0 Å². The summed E-state index contributed by atoms with van der Waals surface area (Å²) in [5.74, 6) is 1.72. The van der Waals surface area contributed by atoms with E-state index < -0.39 is 0 Å². The number of nitrogens with zero attached hydrogens (tertiary/aromatic N) is 3. The molecule has 1 saturated carbocycles. The zero-order valence-electron chi connectivity index (χ0n) is 17.8. The first-order valence-electron chi connectivity index (χ1n) is 10.7. The summed E-state index contributed by atoms with van der Waals surface area (Å²) in [5.41, 5.74) is 3.32. The van der Waals surface area contributed by atoms with Gasteiger partial charge >= 0.3 is 0 Å². The number of amides is 1. The van der Waals surface area contributed by atoms with Gasteiger partial charge in [-0.05, 0) is 48.9 Å². The van der Waals surface area contributed by atoms with Gasteiger partial charge in [-0.3, -0.25) is 9.36 Å². The molecule has 5 rings (SSSR count). The number of nitrogens with one attached hydrogen (secondary N) is 1. The van der Waals surface area contributed by atoms with Gasteiger partial charge in [-0.1, -0.05) is 65.9 Å². The Morgan fingerprint density at radius 1 is 1.09 bits per heavy atom. The van der Waals surface area contributed by atoms with Gasteiger partial charge in [-0.15, -0.1) is 21.5 Å². The molecule has 0 bridgehead atoms. The van der Waals surface area contributed by atoms with Crippen LogP contribution in [0, 0.1) is 6.92 Å². The Kier molecular flexibility index (Phi) is 6.10. The van der Waals surface area contributed by atoms with E-state index in [0.29, 0.717) is 5.92 Å². The van der Waals surface area contributed by atoms with Crippen LogP contribution in [-0.2, 0) is 4.79 Å². The molecule has 7 heteroatoms. The maximum atomic E-state index is 13.0. The van der Waals surface area contributed by atoms with Crippen LogP contribution in [0.1, 0.15) is 46.6 Å². The number of carbonyl (C=O) groups is 1. The van der Waals surface area contributed by atoms with Crippen LogP contribution in [0.2, 0.25) is 0 Å². The number of hydrogen-bond acceptors (Lipinski definition) is 5. The monoisotopic (exact) mass is 460 g/mol. The number of carbonyl (C=O) groups excluding carboxylic acids is 1. The Balaban J connectivity index is 1.33. The van der Waals surface area contributed by atoms with Crippen LogP contribution in [0.4, 0.5) is 0 Å².